The lowest BCUT2D eigenvalue weighted by molar-refractivity contribution is -0.137. The number of alkyl halides is 3. The van der Waals surface area contributed by atoms with Crippen molar-refractivity contribution in [2.45, 2.75) is 12.8 Å². The molecule has 0 saturated carbocycles. The van der Waals surface area contributed by atoms with Crippen LogP contribution in [0.4, 0.5) is 18.9 Å². The zero-order chi connectivity index (χ0) is 21.6. The van der Waals surface area contributed by atoms with Gasteiger partial charge in [0.15, 0.2) is 0 Å². The lowest BCUT2D eigenvalue weighted by Gasteiger charge is -2.11. The molecule has 7 heteroatoms. The summed E-state index contributed by atoms with van der Waals surface area (Å²) in [4.78, 5) is 12.1. The van der Waals surface area contributed by atoms with E-state index in [1.165, 1.54) is 12.1 Å². The van der Waals surface area contributed by atoms with Gasteiger partial charge >= 0.3 is 6.18 Å². The second-order valence-electron chi connectivity index (χ2n) is 6.36. The fourth-order valence-corrected chi connectivity index (χ4v) is 2.85. The molecule has 0 fully saturated rings. The molecule has 0 unspecified atom stereocenters. The van der Waals surface area contributed by atoms with E-state index in [0.29, 0.717) is 17.9 Å². The molecule has 0 aliphatic heterocycles. The summed E-state index contributed by atoms with van der Waals surface area (Å²) >= 11 is 5.58. The largest absolute Gasteiger partial charge is 0.489 e. The van der Waals surface area contributed by atoms with Crippen LogP contribution >= 0.6 is 11.6 Å². The Labute approximate surface area is 176 Å². The Morgan fingerprint density at radius 2 is 1.77 bits per heavy atom. The van der Waals surface area contributed by atoms with Crippen LogP contribution in [0.1, 0.15) is 16.7 Å². The monoisotopic (exact) mass is 431 g/mol. The first-order chi connectivity index (χ1) is 14.3. The third-order valence-corrected chi connectivity index (χ3v) is 4.40. The highest BCUT2D eigenvalue weighted by atomic mass is 35.5. The molecule has 0 atom stereocenters. The van der Waals surface area contributed by atoms with Gasteiger partial charge < -0.3 is 10.1 Å². The molecule has 0 radical (unpaired) electrons. The van der Waals surface area contributed by atoms with Gasteiger partial charge in [-0.05, 0) is 47.5 Å². The van der Waals surface area contributed by atoms with Crippen molar-refractivity contribution in [2.75, 3.05) is 5.32 Å². The van der Waals surface area contributed by atoms with Gasteiger partial charge in [0.2, 0.25) is 5.91 Å². The van der Waals surface area contributed by atoms with Crippen molar-refractivity contribution in [1.29, 1.82) is 0 Å². The van der Waals surface area contributed by atoms with Crippen LogP contribution in [0.3, 0.4) is 0 Å². The highest BCUT2D eigenvalue weighted by Crippen LogP contribution is 2.36. The minimum Gasteiger partial charge on any atom is -0.489 e. The topological polar surface area (TPSA) is 38.3 Å². The van der Waals surface area contributed by atoms with Crippen LogP contribution < -0.4 is 10.1 Å². The first-order valence-corrected chi connectivity index (χ1v) is 9.32. The Kier molecular flexibility index (Phi) is 6.79. The Balaban J connectivity index is 1.62. The minimum absolute atomic E-state index is 0.00122. The summed E-state index contributed by atoms with van der Waals surface area (Å²) in [5, 5.41) is 1.97. The highest BCUT2D eigenvalue weighted by Gasteiger charge is 2.33. The van der Waals surface area contributed by atoms with Crippen molar-refractivity contribution in [1.82, 2.24) is 0 Å². The van der Waals surface area contributed by atoms with Crippen LogP contribution in [-0.2, 0) is 17.6 Å². The molecule has 0 saturated heterocycles. The van der Waals surface area contributed by atoms with Gasteiger partial charge in [0, 0.05) is 11.8 Å². The van der Waals surface area contributed by atoms with E-state index in [1.807, 2.05) is 30.3 Å². The minimum atomic E-state index is -4.60. The average molecular weight is 432 g/mol. The highest BCUT2D eigenvalue weighted by molar-refractivity contribution is 6.31. The molecule has 1 amide bonds. The molecule has 3 nitrogen and oxygen atoms in total. The van der Waals surface area contributed by atoms with Crippen molar-refractivity contribution in [3.05, 3.63) is 101 Å². The number of rotatable bonds is 6. The van der Waals surface area contributed by atoms with Gasteiger partial charge in [-0.15, -0.1) is 0 Å². The van der Waals surface area contributed by atoms with Crippen LogP contribution in [0.15, 0.2) is 78.9 Å². The number of ether oxygens (including phenoxy) is 1. The van der Waals surface area contributed by atoms with E-state index in [9.17, 15) is 18.0 Å². The molecule has 3 aromatic rings. The van der Waals surface area contributed by atoms with Crippen LogP contribution in [0.25, 0.3) is 6.08 Å². The summed E-state index contributed by atoms with van der Waals surface area (Å²) in [6.07, 6.45) is -1.82. The van der Waals surface area contributed by atoms with Crippen LogP contribution in [0, 0.1) is 0 Å². The van der Waals surface area contributed by atoms with Gasteiger partial charge in [0.1, 0.15) is 12.4 Å². The Morgan fingerprint density at radius 3 is 2.50 bits per heavy atom. The smallest absolute Gasteiger partial charge is 0.417 e. The molecule has 30 heavy (non-hydrogen) atoms. The quantitative estimate of drug-likeness (QED) is 0.447. The van der Waals surface area contributed by atoms with Gasteiger partial charge in [-0.2, -0.15) is 13.2 Å². The van der Waals surface area contributed by atoms with Crippen LogP contribution in [0.2, 0.25) is 5.02 Å². The van der Waals surface area contributed by atoms with E-state index in [-0.39, 0.29) is 5.69 Å². The van der Waals surface area contributed by atoms with Crippen molar-refractivity contribution in [3.8, 4) is 5.75 Å². The summed E-state index contributed by atoms with van der Waals surface area (Å²) < 4.78 is 44.5. The molecule has 3 rings (SSSR count). The predicted molar refractivity (Wildman–Crippen MR) is 111 cm³/mol. The molecule has 0 heterocycles. The maximum atomic E-state index is 12.9. The van der Waals surface area contributed by atoms with E-state index in [1.54, 1.807) is 30.3 Å². The molecule has 0 bridgehead atoms. The fourth-order valence-electron chi connectivity index (χ4n) is 2.63. The lowest BCUT2D eigenvalue weighted by atomic mass is 10.2. The van der Waals surface area contributed by atoms with Crippen molar-refractivity contribution < 1.29 is 22.7 Å². The maximum absolute atomic E-state index is 12.9. The van der Waals surface area contributed by atoms with Crippen LogP contribution in [0.5, 0.6) is 5.75 Å². The first kappa shape index (κ1) is 21.5. The SMILES string of the molecule is O=C(/C=C/c1cccc(OCc2ccccc2)c1)Nc1ccc(Cl)c(C(F)(F)F)c1. The number of anilines is 1. The number of halogens is 4. The predicted octanol–water partition coefficient (Wildman–Crippen LogP) is 6.59. The zero-order valence-electron chi connectivity index (χ0n) is 15.6. The lowest BCUT2D eigenvalue weighted by Crippen LogP contribution is -2.11. The normalized spacial score (nSPS) is 11.5. The molecular formula is C23H17ClF3NO2. The van der Waals surface area contributed by atoms with Crippen molar-refractivity contribution in [2.24, 2.45) is 0 Å². The first-order valence-electron chi connectivity index (χ1n) is 8.94. The average Bonchev–Trinajstić information content (AvgIpc) is 2.72. The molecule has 3 aromatic carbocycles. The summed E-state index contributed by atoms with van der Waals surface area (Å²) in [6.45, 7) is 0.409. The summed E-state index contributed by atoms with van der Waals surface area (Å²) in [6, 6.07) is 20.0. The number of hydrogen-bond donors (Lipinski definition) is 1. The summed E-state index contributed by atoms with van der Waals surface area (Å²) in [5.74, 6) is 0.0648. The standard InChI is InChI=1S/C23H17ClF3NO2/c24-21-11-10-18(14-20(21)23(25,26)27)28-22(29)12-9-16-7-4-8-19(13-16)30-15-17-5-2-1-3-6-17/h1-14H,15H2,(H,28,29)/b12-9+. The summed E-state index contributed by atoms with van der Waals surface area (Å²) in [5.41, 5.74) is 0.734. The molecule has 0 aliphatic rings. The Hall–Kier alpha value is -3.25. The van der Waals surface area contributed by atoms with Gasteiger partial charge in [-0.1, -0.05) is 54.1 Å². The third-order valence-electron chi connectivity index (χ3n) is 4.07. The van der Waals surface area contributed by atoms with Crippen molar-refractivity contribution in [3.63, 3.8) is 0 Å². The van der Waals surface area contributed by atoms with E-state index in [4.69, 9.17) is 16.3 Å². The van der Waals surface area contributed by atoms with E-state index >= 15 is 0 Å². The zero-order valence-corrected chi connectivity index (χ0v) is 16.4. The summed E-state index contributed by atoms with van der Waals surface area (Å²) in [7, 11) is 0. The second-order valence-corrected chi connectivity index (χ2v) is 6.77. The van der Waals surface area contributed by atoms with E-state index in [0.717, 1.165) is 17.7 Å². The number of benzene rings is 3. The van der Waals surface area contributed by atoms with Crippen molar-refractivity contribution >= 4 is 29.3 Å². The van der Waals surface area contributed by atoms with E-state index in [2.05, 4.69) is 5.32 Å². The number of carbonyl (C=O) groups excluding carboxylic acids is 1. The van der Waals surface area contributed by atoms with Gasteiger partial charge in [-0.3, -0.25) is 4.79 Å². The fraction of sp³-hybridized carbons (Fsp3) is 0.0870. The number of nitrogens with one attached hydrogen (secondary N) is 1. The number of hydrogen-bond acceptors (Lipinski definition) is 2. The molecule has 1 N–H and O–H groups in total. The van der Waals surface area contributed by atoms with Gasteiger partial charge in [0.05, 0.1) is 10.6 Å². The molecule has 0 aliphatic carbocycles. The Bertz CT molecular complexity index is 1050. The second kappa shape index (κ2) is 9.50. The number of carbonyl (C=O) groups is 1. The third kappa shape index (κ3) is 6.12. The van der Waals surface area contributed by atoms with Gasteiger partial charge in [0.25, 0.3) is 0 Å². The maximum Gasteiger partial charge on any atom is 0.417 e. The molecular weight excluding hydrogens is 415 g/mol. The van der Waals surface area contributed by atoms with E-state index < -0.39 is 22.7 Å². The molecule has 154 valence electrons. The molecule has 0 spiro atoms. The Morgan fingerprint density at radius 1 is 1.00 bits per heavy atom. The molecule has 0 aromatic heterocycles. The van der Waals surface area contributed by atoms with Crippen LogP contribution in [-0.4, -0.2) is 5.91 Å². The number of amides is 1. The van der Waals surface area contributed by atoms with Gasteiger partial charge in [-0.25, -0.2) is 0 Å².